The molecule has 0 spiro atoms. The third-order valence-electron chi connectivity index (χ3n) is 9.28. The number of rotatable bonds is 11. The van der Waals surface area contributed by atoms with Crippen LogP contribution in [-0.2, 0) is 35.1 Å². The van der Waals surface area contributed by atoms with Gasteiger partial charge < -0.3 is 25.8 Å². The van der Waals surface area contributed by atoms with Gasteiger partial charge in [0.2, 0.25) is 17.7 Å². The fourth-order valence-electron chi connectivity index (χ4n) is 6.53. The molecule has 10 nitrogen and oxygen atoms in total. The average Bonchev–Trinajstić information content (AvgIpc) is 3.68. The van der Waals surface area contributed by atoms with Crippen molar-refractivity contribution in [2.45, 2.75) is 81.5 Å². The van der Waals surface area contributed by atoms with Crippen molar-refractivity contribution in [3.63, 3.8) is 0 Å². The molecule has 4 N–H and O–H groups in total. The van der Waals surface area contributed by atoms with Gasteiger partial charge in [0.05, 0.1) is 40.9 Å². The second-order valence-corrected chi connectivity index (χ2v) is 15.7. The van der Waals surface area contributed by atoms with Crippen molar-refractivity contribution in [1.29, 1.82) is 0 Å². The lowest BCUT2D eigenvalue weighted by molar-refractivity contribution is -0.151. The summed E-state index contributed by atoms with van der Waals surface area (Å²) >= 11 is 3.15. The number of ether oxygens (including phenoxy) is 1. The summed E-state index contributed by atoms with van der Waals surface area (Å²) in [6.45, 7) is 5.15. The maximum Gasteiger partial charge on any atom is 0.309 e. The molecule has 54 heavy (non-hydrogen) atoms. The molecular formula is C42H48N4O6S2. The number of nitrogens with one attached hydrogen (secondary N) is 3. The van der Waals surface area contributed by atoms with Crippen LogP contribution in [0.1, 0.15) is 62.4 Å². The molecule has 12 heteroatoms. The molecule has 1 aliphatic rings. The molecule has 1 aliphatic heterocycles. The second-order valence-electron chi connectivity index (χ2n) is 13.7. The Hall–Kier alpha value is -4.78. The maximum absolute atomic E-state index is 13.5. The van der Waals surface area contributed by atoms with Crippen LogP contribution in [0.25, 0.3) is 0 Å². The summed E-state index contributed by atoms with van der Waals surface area (Å²) in [4.78, 5) is 57.5. The van der Waals surface area contributed by atoms with Crippen LogP contribution in [0.5, 0.6) is 0 Å². The first kappa shape index (κ1) is 40.4. The van der Waals surface area contributed by atoms with Crippen LogP contribution in [0, 0.1) is 5.92 Å². The Kier molecular flexibility index (Phi) is 14.6. The summed E-state index contributed by atoms with van der Waals surface area (Å²) in [5.74, 6) is -1.88. The van der Waals surface area contributed by atoms with Crippen molar-refractivity contribution < 1.29 is 29.0 Å². The van der Waals surface area contributed by atoms with E-state index in [0.29, 0.717) is 17.9 Å². The molecule has 4 aromatic rings. The SMILES string of the molecule is CC(C)[C@H]1NC(=O)[C@@H](C)NC(=O)[C@@H](Cc2cscn2)NC(=O)C[C@@H](C=CCCSC(c2ccccc2)(c2ccccc2)c2ccccc2)OC(=O)C[C@@H]1O. The first-order valence-corrected chi connectivity index (χ1v) is 20.1. The van der Waals surface area contributed by atoms with Crippen molar-refractivity contribution in [1.82, 2.24) is 20.9 Å². The van der Waals surface area contributed by atoms with Gasteiger partial charge in [-0.25, -0.2) is 4.98 Å². The summed E-state index contributed by atoms with van der Waals surface area (Å²) < 4.78 is 5.29. The van der Waals surface area contributed by atoms with Gasteiger partial charge >= 0.3 is 5.97 Å². The highest BCUT2D eigenvalue weighted by atomic mass is 32.2. The van der Waals surface area contributed by atoms with Crippen molar-refractivity contribution >= 4 is 46.8 Å². The predicted octanol–water partition coefficient (Wildman–Crippen LogP) is 5.55. The highest BCUT2D eigenvalue weighted by molar-refractivity contribution is 8.00. The van der Waals surface area contributed by atoms with Gasteiger partial charge in [0, 0.05) is 11.8 Å². The van der Waals surface area contributed by atoms with Crippen LogP contribution >= 0.6 is 23.1 Å². The minimum absolute atomic E-state index is 0.103. The molecule has 0 radical (unpaired) electrons. The number of thioether (sulfide) groups is 1. The number of aliphatic hydroxyl groups is 1. The number of esters is 1. The number of aliphatic hydroxyl groups excluding tert-OH is 1. The van der Waals surface area contributed by atoms with E-state index in [1.807, 2.05) is 74.5 Å². The lowest BCUT2D eigenvalue weighted by atomic mass is 9.84. The van der Waals surface area contributed by atoms with Crippen molar-refractivity contribution in [2.24, 2.45) is 5.92 Å². The molecule has 0 saturated carbocycles. The van der Waals surface area contributed by atoms with Crippen LogP contribution in [0.4, 0.5) is 0 Å². The van der Waals surface area contributed by atoms with Gasteiger partial charge in [-0.3, -0.25) is 19.2 Å². The van der Waals surface area contributed by atoms with Gasteiger partial charge in [0.1, 0.15) is 18.2 Å². The number of allylic oxidation sites excluding steroid dienone is 1. The zero-order chi connectivity index (χ0) is 38.5. The Labute approximate surface area is 325 Å². The van der Waals surface area contributed by atoms with E-state index in [0.717, 1.165) is 16.7 Å². The molecule has 3 amide bonds. The molecule has 0 unspecified atom stereocenters. The summed E-state index contributed by atoms with van der Waals surface area (Å²) in [7, 11) is 0. The summed E-state index contributed by atoms with van der Waals surface area (Å²) in [5.41, 5.74) is 5.67. The lowest BCUT2D eigenvalue weighted by Gasteiger charge is -2.35. The van der Waals surface area contributed by atoms with Gasteiger partial charge in [-0.05, 0) is 47.8 Å². The Bertz CT molecular complexity index is 1740. The van der Waals surface area contributed by atoms with Crippen molar-refractivity contribution in [3.8, 4) is 0 Å². The van der Waals surface area contributed by atoms with E-state index in [2.05, 4.69) is 57.3 Å². The number of carbonyl (C=O) groups excluding carboxylic acids is 4. The highest BCUT2D eigenvalue weighted by Gasteiger charge is 2.37. The van der Waals surface area contributed by atoms with E-state index >= 15 is 0 Å². The molecule has 3 aromatic carbocycles. The normalized spacial score (nSPS) is 22.1. The topological polar surface area (TPSA) is 147 Å². The van der Waals surface area contributed by atoms with Gasteiger partial charge in [0.15, 0.2) is 0 Å². The first-order valence-electron chi connectivity index (χ1n) is 18.2. The van der Waals surface area contributed by atoms with Gasteiger partial charge in [0.25, 0.3) is 0 Å². The lowest BCUT2D eigenvalue weighted by Crippen LogP contribution is -2.56. The number of thiazole rings is 1. The summed E-state index contributed by atoms with van der Waals surface area (Å²) in [6.07, 6.45) is 1.39. The first-order chi connectivity index (χ1) is 26.1. The van der Waals surface area contributed by atoms with Crippen LogP contribution in [0.2, 0.25) is 0 Å². The zero-order valence-electron chi connectivity index (χ0n) is 30.7. The number of aromatic nitrogens is 1. The van der Waals surface area contributed by atoms with E-state index in [1.165, 1.54) is 18.3 Å². The van der Waals surface area contributed by atoms with Crippen molar-refractivity contribution in [3.05, 3.63) is 136 Å². The quantitative estimate of drug-likeness (QED) is 0.0673. The molecule has 1 aromatic heterocycles. The number of hydrogen-bond acceptors (Lipinski definition) is 9. The monoisotopic (exact) mass is 768 g/mol. The van der Waals surface area contributed by atoms with Gasteiger partial charge in [-0.2, -0.15) is 0 Å². The Balaban J connectivity index is 1.38. The molecule has 1 saturated heterocycles. The van der Waals surface area contributed by atoms with Gasteiger partial charge in [-0.15, -0.1) is 23.1 Å². The molecule has 284 valence electrons. The maximum atomic E-state index is 13.5. The zero-order valence-corrected chi connectivity index (χ0v) is 32.4. The van der Waals surface area contributed by atoms with E-state index in [4.69, 9.17) is 4.74 Å². The number of amides is 3. The summed E-state index contributed by atoms with van der Waals surface area (Å²) in [6, 6.07) is 28.4. The Morgan fingerprint density at radius 3 is 2.00 bits per heavy atom. The molecule has 2 heterocycles. The van der Waals surface area contributed by atoms with Gasteiger partial charge in [-0.1, -0.05) is 111 Å². The molecular weight excluding hydrogens is 721 g/mol. The molecule has 5 atom stereocenters. The van der Waals surface area contributed by atoms with Crippen LogP contribution in [0.15, 0.2) is 114 Å². The van der Waals surface area contributed by atoms with Crippen LogP contribution in [-0.4, -0.2) is 69.9 Å². The number of nitrogens with zero attached hydrogens (tertiary/aromatic N) is 1. The van der Waals surface area contributed by atoms with Crippen LogP contribution < -0.4 is 16.0 Å². The minimum atomic E-state index is -1.26. The standard InChI is InChI=1S/C42H48N4O6S2/c1-28(2)39-36(47)25-38(49)52-34(24-37(48)45-35(23-33-26-53-27-43-33)41(51)44-29(3)40(50)46-39)21-13-14-22-54-42(30-15-7-4-8-16-30,31-17-9-5-10-18-31)32-19-11-6-12-20-32/h4-13,15-21,26-29,34-36,39,47H,14,22-25H2,1-3H3,(H,44,51)(H,45,48)(H,46,50)/t29-,34-,35-,36+,39-/m1/s1. The number of carbonyl (C=O) groups is 4. The Morgan fingerprint density at radius 1 is 0.870 bits per heavy atom. The van der Waals surface area contributed by atoms with E-state index in [-0.39, 0.29) is 18.8 Å². The van der Waals surface area contributed by atoms with Crippen molar-refractivity contribution in [2.75, 3.05) is 5.75 Å². The highest BCUT2D eigenvalue weighted by Crippen LogP contribution is 2.48. The molecule has 5 rings (SSSR count). The Morgan fingerprint density at radius 2 is 1.46 bits per heavy atom. The van der Waals surface area contributed by atoms with E-state index in [1.54, 1.807) is 28.7 Å². The average molecular weight is 769 g/mol. The third-order valence-corrected chi connectivity index (χ3v) is 11.5. The fourth-order valence-corrected chi connectivity index (χ4v) is 8.57. The van der Waals surface area contributed by atoms with Crippen LogP contribution in [0.3, 0.4) is 0 Å². The number of hydrogen-bond donors (Lipinski definition) is 4. The number of benzene rings is 3. The molecule has 0 bridgehead atoms. The smallest absolute Gasteiger partial charge is 0.309 e. The predicted molar refractivity (Wildman–Crippen MR) is 213 cm³/mol. The largest absolute Gasteiger partial charge is 0.457 e. The van der Waals surface area contributed by atoms with E-state index in [9.17, 15) is 24.3 Å². The minimum Gasteiger partial charge on any atom is -0.457 e. The fraction of sp³-hybridized carbons (Fsp3) is 0.357. The number of cyclic esters (lactones) is 1. The molecule has 0 aliphatic carbocycles. The third kappa shape index (κ3) is 10.7. The second kappa shape index (κ2) is 19.5. The molecule has 1 fully saturated rings. The van der Waals surface area contributed by atoms with E-state index < -0.39 is 65.2 Å². The summed E-state index contributed by atoms with van der Waals surface area (Å²) in [5, 5.41) is 21.1.